The van der Waals surface area contributed by atoms with E-state index in [0.29, 0.717) is 23.6 Å². The van der Waals surface area contributed by atoms with Gasteiger partial charge in [-0.25, -0.2) is 4.68 Å². The summed E-state index contributed by atoms with van der Waals surface area (Å²) in [4.78, 5) is 12.5. The Morgan fingerprint density at radius 1 is 1.10 bits per heavy atom. The van der Waals surface area contributed by atoms with Crippen molar-refractivity contribution in [3.8, 4) is 17.2 Å². The molecule has 0 aliphatic carbocycles. The largest absolute Gasteiger partial charge is 0.493 e. The first-order chi connectivity index (χ1) is 14.3. The zero-order chi connectivity index (χ0) is 21.7. The predicted molar refractivity (Wildman–Crippen MR) is 105 cm³/mol. The smallest absolute Gasteiger partial charge is 0.416 e. The summed E-state index contributed by atoms with van der Waals surface area (Å²) < 4.78 is 51.2. The maximum Gasteiger partial charge on any atom is 0.416 e. The van der Waals surface area contributed by atoms with E-state index >= 15 is 0 Å². The maximum absolute atomic E-state index is 13.1. The SMILES string of the molecule is COc1ccc(CCC(=O)Nc2cc(C(F)(F)F)ccc2-n2cccn2)cc1OC. The lowest BCUT2D eigenvalue weighted by atomic mass is 10.1. The molecule has 9 heteroatoms. The lowest BCUT2D eigenvalue weighted by Gasteiger charge is -2.15. The first-order valence-corrected chi connectivity index (χ1v) is 9.04. The average molecular weight is 419 g/mol. The molecule has 0 saturated carbocycles. The number of carbonyl (C=O) groups is 1. The van der Waals surface area contributed by atoms with Crippen molar-refractivity contribution in [1.82, 2.24) is 9.78 Å². The number of benzene rings is 2. The van der Waals surface area contributed by atoms with Crippen LogP contribution >= 0.6 is 0 Å². The minimum absolute atomic E-state index is 0.0332. The third-order valence-electron chi connectivity index (χ3n) is 4.44. The Labute approximate surface area is 171 Å². The van der Waals surface area contributed by atoms with Gasteiger partial charge in [0.15, 0.2) is 11.5 Å². The van der Waals surface area contributed by atoms with E-state index in [1.54, 1.807) is 30.5 Å². The van der Waals surface area contributed by atoms with Gasteiger partial charge in [0.1, 0.15) is 0 Å². The fraction of sp³-hybridized carbons (Fsp3) is 0.238. The van der Waals surface area contributed by atoms with Crippen molar-refractivity contribution in [2.75, 3.05) is 19.5 Å². The molecule has 1 aromatic heterocycles. The van der Waals surface area contributed by atoms with E-state index in [0.717, 1.165) is 17.7 Å². The molecule has 3 aromatic rings. The van der Waals surface area contributed by atoms with Gasteiger partial charge in [-0.2, -0.15) is 18.3 Å². The number of methoxy groups -OCH3 is 2. The Balaban J connectivity index is 1.77. The molecule has 158 valence electrons. The fourth-order valence-electron chi connectivity index (χ4n) is 2.93. The van der Waals surface area contributed by atoms with E-state index in [2.05, 4.69) is 10.4 Å². The topological polar surface area (TPSA) is 65.4 Å². The lowest BCUT2D eigenvalue weighted by molar-refractivity contribution is -0.137. The van der Waals surface area contributed by atoms with Crippen LogP contribution in [0, 0.1) is 0 Å². The van der Waals surface area contributed by atoms with Gasteiger partial charge in [0.05, 0.1) is 31.2 Å². The van der Waals surface area contributed by atoms with Crippen molar-refractivity contribution >= 4 is 11.6 Å². The summed E-state index contributed by atoms with van der Waals surface area (Å²) in [6.07, 6.45) is -0.990. The van der Waals surface area contributed by atoms with Gasteiger partial charge in [-0.3, -0.25) is 4.79 Å². The third-order valence-corrected chi connectivity index (χ3v) is 4.44. The highest BCUT2D eigenvalue weighted by atomic mass is 19.4. The number of carbonyl (C=O) groups excluding carboxylic acids is 1. The minimum atomic E-state index is -4.53. The van der Waals surface area contributed by atoms with Crippen molar-refractivity contribution in [2.24, 2.45) is 0 Å². The maximum atomic E-state index is 13.1. The molecule has 0 spiro atoms. The first kappa shape index (κ1) is 21.2. The van der Waals surface area contributed by atoms with E-state index in [1.807, 2.05) is 0 Å². The number of nitrogens with zero attached hydrogens (tertiary/aromatic N) is 2. The van der Waals surface area contributed by atoms with Crippen LogP contribution in [-0.4, -0.2) is 29.9 Å². The van der Waals surface area contributed by atoms with E-state index in [1.165, 1.54) is 31.2 Å². The molecular weight excluding hydrogens is 399 g/mol. The highest BCUT2D eigenvalue weighted by Crippen LogP contribution is 2.33. The predicted octanol–water partition coefficient (Wildman–Crippen LogP) is 4.48. The van der Waals surface area contributed by atoms with E-state index in [-0.39, 0.29) is 12.1 Å². The monoisotopic (exact) mass is 419 g/mol. The average Bonchev–Trinajstić information content (AvgIpc) is 3.26. The Kier molecular flexibility index (Phi) is 6.29. The van der Waals surface area contributed by atoms with Crippen LogP contribution in [0.5, 0.6) is 11.5 Å². The van der Waals surface area contributed by atoms with Crippen LogP contribution in [0.4, 0.5) is 18.9 Å². The molecule has 30 heavy (non-hydrogen) atoms. The number of aryl methyl sites for hydroxylation is 1. The summed E-state index contributed by atoms with van der Waals surface area (Å²) >= 11 is 0. The number of aromatic nitrogens is 2. The molecule has 0 atom stereocenters. The highest BCUT2D eigenvalue weighted by Gasteiger charge is 2.31. The van der Waals surface area contributed by atoms with Gasteiger partial charge in [0.25, 0.3) is 0 Å². The molecule has 0 bridgehead atoms. The molecule has 6 nitrogen and oxygen atoms in total. The third kappa shape index (κ3) is 4.91. The number of anilines is 1. The summed E-state index contributed by atoms with van der Waals surface area (Å²) in [6, 6.07) is 10.1. The van der Waals surface area contributed by atoms with Crippen LogP contribution in [0.3, 0.4) is 0 Å². The van der Waals surface area contributed by atoms with Crippen LogP contribution in [0.2, 0.25) is 0 Å². The molecule has 1 amide bonds. The number of rotatable bonds is 7. The molecule has 1 N–H and O–H groups in total. The van der Waals surface area contributed by atoms with Crippen LogP contribution < -0.4 is 14.8 Å². The standard InChI is InChI=1S/C21H20F3N3O3/c1-29-18-8-4-14(12-19(18)30-2)5-9-20(28)26-16-13-15(21(22,23)24)6-7-17(16)27-11-3-10-25-27/h3-4,6-8,10-13H,5,9H2,1-2H3,(H,26,28). The van der Waals surface area contributed by atoms with Crippen molar-refractivity contribution in [1.29, 1.82) is 0 Å². The van der Waals surface area contributed by atoms with Gasteiger partial charge in [-0.1, -0.05) is 6.07 Å². The van der Waals surface area contributed by atoms with Crippen LogP contribution in [0.15, 0.2) is 54.9 Å². The van der Waals surface area contributed by atoms with E-state index in [4.69, 9.17) is 9.47 Å². The molecule has 0 aliphatic rings. The number of amides is 1. The second-order valence-corrected chi connectivity index (χ2v) is 6.42. The highest BCUT2D eigenvalue weighted by molar-refractivity contribution is 5.93. The number of halogens is 3. The van der Waals surface area contributed by atoms with Crippen molar-refractivity contribution in [3.05, 3.63) is 66.0 Å². The van der Waals surface area contributed by atoms with Gasteiger partial charge in [-0.05, 0) is 48.4 Å². The number of ether oxygens (including phenoxy) is 2. The van der Waals surface area contributed by atoms with Gasteiger partial charge in [0.2, 0.25) is 5.91 Å². The Bertz CT molecular complexity index is 1020. The molecule has 0 radical (unpaired) electrons. The van der Waals surface area contributed by atoms with E-state index < -0.39 is 17.6 Å². The van der Waals surface area contributed by atoms with Crippen LogP contribution in [0.1, 0.15) is 17.5 Å². The normalized spacial score (nSPS) is 11.2. The molecular formula is C21H20F3N3O3. The molecule has 0 aliphatic heterocycles. The zero-order valence-electron chi connectivity index (χ0n) is 16.4. The van der Waals surface area contributed by atoms with Gasteiger partial charge < -0.3 is 14.8 Å². The first-order valence-electron chi connectivity index (χ1n) is 9.04. The second-order valence-electron chi connectivity index (χ2n) is 6.42. The minimum Gasteiger partial charge on any atom is -0.493 e. The zero-order valence-corrected chi connectivity index (χ0v) is 16.4. The molecule has 0 saturated heterocycles. The summed E-state index contributed by atoms with van der Waals surface area (Å²) in [5, 5.41) is 6.61. The van der Waals surface area contributed by atoms with Gasteiger partial charge in [0, 0.05) is 18.8 Å². The van der Waals surface area contributed by atoms with Crippen LogP contribution in [0.25, 0.3) is 5.69 Å². The Morgan fingerprint density at radius 3 is 2.50 bits per heavy atom. The fourth-order valence-corrected chi connectivity index (χ4v) is 2.93. The number of nitrogens with one attached hydrogen (secondary N) is 1. The molecule has 1 heterocycles. The number of alkyl halides is 3. The summed E-state index contributed by atoms with van der Waals surface area (Å²) in [6.45, 7) is 0. The van der Waals surface area contributed by atoms with Gasteiger partial charge in [-0.15, -0.1) is 0 Å². The lowest BCUT2D eigenvalue weighted by Crippen LogP contribution is -2.16. The van der Waals surface area contributed by atoms with Crippen molar-refractivity contribution in [3.63, 3.8) is 0 Å². The molecule has 0 unspecified atom stereocenters. The Morgan fingerprint density at radius 2 is 1.87 bits per heavy atom. The van der Waals surface area contributed by atoms with Gasteiger partial charge >= 0.3 is 6.18 Å². The second kappa shape index (κ2) is 8.89. The molecule has 2 aromatic carbocycles. The quantitative estimate of drug-likeness (QED) is 0.613. The van der Waals surface area contributed by atoms with Crippen molar-refractivity contribution in [2.45, 2.75) is 19.0 Å². The van der Waals surface area contributed by atoms with Crippen LogP contribution in [-0.2, 0) is 17.4 Å². The summed E-state index contributed by atoms with van der Waals surface area (Å²) in [5.74, 6) is 0.685. The van der Waals surface area contributed by atoms with E-state index in [9.17, 15) is 18.0 Å². The molecule has 0 fully saturated rings. The summed E-state index contributed by atoms with van der Waals surface area (Å²) in [5.41, 5.74) is 0.353. The number of hydrogen-bond donors (Lipinski definition) is 1. The number of hydrogen-bond acceptors (Lipinski definition) is 4. The molecule has 3 rings (SSSR count). The van der Waals surface area contributed by atoms with Crippen molar-refractivity contribution < 1.29 is 27.4 Å². The Hall–Kier alpha value is -3.49. The summed E-state index contributed by atoms with van der Waals surface area (Å²) in [7, 11) is 3.04.